The van der Waals surface area contributed by atoms with Crippen LogP contribution < -0.4 is 4.74 Å². The van der Waals surface area contributed by atoms with E-state index in [1.807, 2.05) is 76.0 Å². The number of esters is 1. The van der Waals surface area contributed by atoms with Crippen molar-refractivity contribution in [1.29, 1.82) is 0 Å². The van der Waals surface area contributed by atoms with Gasteiger partial charge in [-0.05, 0) is 62.9 Å². The Bertz CT molecular complexity index is 1090. The molecule has 230 valence electrons. The summed E-state index contributed by atoms with van der Waals surface area (Å²) in [7, 11) is 1.66. The molecule has 0 heterocycles. The Labute approximate surface area is 250 Å². The molecule has 0 aliphatic carbocycles. The lowest BCUT2D eigenvalue weighted by atomic mass is 9.99. The van der Waals surface area contributed by atoms with Crippen molar-refractivity contribution >= 4 is 19.5 Å². The Kier molecular flexibility index (Phi) is 19.8. The number of carbonyl (C=O) groups is 3. The minimum atomic E-state index is -0.778. The summed E-state index contributed by atoms with van der Waals surface area (Å²) < 4.78 is 22.5. The second kappa shape index (κ2) is 21.8. The Morgan fingerprint density at radius 3 is 1.83 bits per heavy atom. The average molecular weight is 583 g/mol. The molecule has 0 bridgehead atoms. The average Bonchev–Trinajstić information content (AvgIpc) is 3.06. The summed E-state index contributed by atoms with van der Waals surface area (Å²) in [5.41, 5.74) is 2.83. The highest BCUT2D eigenvalue weighted by Crippen LogP contribution is 2.27. The minimum Gasteiger partial charge on any atom is -0.488 e. The Morgan fingerprint density at radius 2 is 1.36 bits per heavy atom. The summed E-state index contributed by atoms with van der Waals surface area (Å²) in [5, 5.41) is 8.65. The Morgan fingerprint density at radius 1 is 0.833 bits per heavy atom. The highest BCUT2D eigenvalue weighted by atomic mass is 16.7. The zero-order chi connectivity index (χ0) is 32.0. The van der Waals surface area contributed by atoms with Crippen LogP contribution in [0.15, 0.2) is 84.9 Å². The van der Waals surface area contributed by atoms with E-state index in [0.717, 1.165) is 17.7 Å². The van der Waals surface area contributed by atoms with Crippen LogP contribution in [-0.4, -0.2) is 57.2 Å². The largest absolute Gasteiger partial charge is 0.488 e. The molecule has 0 amide bonds. The van der Waals surface area contributed by atoms with E-state index < -0.39 is 17.9 Å². The van der Waals surface area contributed by atoms with Gasteiger partial charge in [0.05, 0.1) is 18.8 Å². The molecule has 0 aromatic heterocycles. The van der Waals surface area contributed by atoms with Gasteiger partial charge in [-0.15, -0.1) is 0 Å². The van der Waals surface area contributed by atoms with Crippen molar-refractivity contribution in [1.82, 2.24) is 0 Å². The third kappa shape index (κ3) is 13.7. The van der Waals surface area contributed by atoms with Crippen LogP contribution in [-0.2, 0) is 29.6 Å². The fraction of sp³-hybridized carbons (Fsp3) is 0.382. The molecule has 0 saturated carbocycles. The van der Waals surface area contributed by atoms with Gasteiger partial charge in [0.15, 0.2) is 5.79 Å². The third-order valence-electron chi connectivity index (χ3n) is 6.25. The summed E-state index contributed by atoms with van der Waals surface area (Å²) >= 11 is 0. The second-order valence-corrected chi connectivity index (χ2v) is 9.40. The summed E-state index contributed by atoms with van der Waals surface area (Å²) in [6, 6.07) is 27.0. The molecule has 0 aliphatic heterocycles. The van der Waals surface area contributed by atoms with Crippen molar-refractivity contribution in [2.45, 2.75) is 65.0 Å². The molecule has 0 spiro atoms. The number of hydrogen-bond donors (Lipinski definition) is 1. The second-order valence-electron chi connectivity index (χ2n) is 9.40. The molecule has 8 nitrogen and oxygen atoms in total. The first-order valence-corrected chi connectivity index (χ1v) is 13.7. The number of aliphatic hydroxyl groups is 1. The van der Waals surface area contributed by atoms with Gasteiger partial charge in [0.2, 0.25) is 0 Å². The van der Waals surface area contributed by atoms with Crippen LogP contribution in [0.4, 0.5) is 0 Å². The van der Waals surface area contributed by atoms with Crippen LogP contribution in [0.3, 0.4) is 0 Å². The molecule has 0 radical (unpaired) electrons. The number of ether oxygens (including phenoxy) is 4. The van der Waals surface area contributed by atoms with Crippen molar-refractivity contribution in [3.8, 4) is 5.75 Å². The Hall–Kier alpha value is -3.85. The van der Waals surface area contributed by atoms with Crippen molar-refractivity contribution in [2.24, 2.45) is 0 Å². The quantitative estimate of drug-likeness (QED) is 0.194. The lowest BCUT2D eigenvalue weighted by molar-refractivity contribution is -0.227. The third-order valence-corrected chi connectivity index (χ3v) is 6.25. The maximum Gasteiger partial charge on any atom is 0.338 e. The molecular formula is C34H46O8. The van der Waals surface area contributed by atoms with Crippen molar-refractivity contribution in [2.75, 3.05) is 20.3 Å². The lowest BCUT2D eigenvalue weighted by Crippen LogP contribution is -2.32. The SMILES string of the molecule is C=O.C=O.CC(CO)OC(=O)c1ccccc1.CCC(C)c1ccc(OC(C)COC(C)(OC)c2ccccc2)cc1. The smallest absolute Gasteiger partial charge is 0.338 e. The molecule has 0 saturated heterocycles. The molecule has 0 aliphatic rings. The number of carbonyl (C=O) groups excluding carboxylic acids is 3. The summed E-state index contributed by atoms with van der Waals surface area (Å²) in [6.45, 7) is 14.3. The molecule has 3 aromatic rings. The summed E-state index contributed by atoms with van der Waals surface area (Å²) in [4.78, 5) is 27.3. The van der Waals surface area contributed by atoms with Crippen LogP contribution >= 0.6 is 0 Å². The predicted octanol–water partition coefficient (Wildman–Crippen LogP) is 6.36. The van der Waals surface area contributed by atoms with Crippen molar-refractivity contribution < 1.29 is 38.4 Å². The normalized spacial score (nSPS) is 13.5. The first kappa shape index (κ1) is 38.1. The number of hydrogen-bond acceptors (Lipinski definition) is 8. The van der Waals surface area contributed by atoms with Crippen LogP contribution in [0, 0.1) is 0 Å². The monoisotopic (exact) mass is 582 g/mol. The van der Waals surface area contributed by atoms with Crippen LogP contribution in [0.2, 0.25) is 0 Å². The van der Waals surface area contributed by atoms with E-state index in [0.29, 0.717) is 18.1 Å². The minimum absolute atomic E-state index is 0.0763. The molecule has 3 rings (SSSR count). The fourth-order valence-electron chi connectivity index (χ4n) is 3.52. The topological polar surface area (TPSA) is 108 Å². The molecule has 8 heteroatoms. The van der Waals surface area contributed by atoms with Gasteiger partial charge in [-0.2, -0.15) is 0 Å². The molecule has 3 aromatic carbocycles. The maximum atomic E-state index is 11.3. The Balaban J connectivity index is 0.000000831. The molecule has 0 fully saturated rings. The van der Waals surface area contributed by atoms with Gasteiger partial charge >= 0.3 is 5.97 Å². The predicted molar refractivity (Wildman–Crippen MR) is 165 cm³/mol. The molecule has 1 N–H and O–H groups in total. The maximum absolute atomic E-state index is 11.3. The summed E-state index contributed by atoms with van der Waals surface area (Å²) in [5.74, 6) is 0.256. The summed E-state index contributed by atoms with van der Waals surface area (Å²) in [6.07, 6.45) is 0.611. The van der Waals surface area contributed by atoms with Crippen molar-refractivity contribution in [3.05, 3.63) is 102 Å². The standard InChI is InChI=1S/C22H30O3.C10H12O3.2CH2O/c1-6-17(2)19-12-14-21(15-13-19)25-18(3)16-24-22(4,23-5)20-10-8-7-9-11-20;1-8(7-11)13-10(12)9-5-3-2-4-6-9;2*1-2/h7-15,17-18H,6,16H2,1-5H3;2-6,8,11H,7H2,1H3;2*1H2. The number of methoxy groups -OCH3 is 1. The highest BCUT2D eigenvalue weighted by molar-refractivity contribution is 5.89. The van der Waals surface area contributed by atoms with E-state index >= 15 is 0 Å². The van der Waals surface area contributed by atoms with Gasteiger partial charge in [0.1, 0.15) is 31.5 Å². The first-order valence-electron chi connectivity index (χ1n) is 13.7. The first-order chi connectivity index (χ1) is 20.2. The number of benzene rings is 3. The van der Waals surface area contributed by atoms with Crippen molar-refractivity contribution in [3.63, 3.8) is 0 Å². The van der Waals surface area contributed by atoms with Gasteiger partial charge in [-0.3, -0.25) is 0 Å². The van der Waals surface area contributed by atoms with Crippen LogP contribution in [0.5, 0.6) is 5.75 Å². The number of aliphatic hydroxyl groups excluding tert-OH is 1. The van der Waals surface area contributed by atoms with Gasteiger partial charge in [0, 0.05) is 12.7 Å². The van der Waals surface area contributed by atoms with Gasteiger partial charge < -0.3 is 33.6 Å². The van der Waals surface area contributed by atoms with Gasteiger partial charge in [-0.25, -0.2) is 4.79 Å². The van der Waals surface area contributed by atoms with E-state index in [-0.39, 0.29) is 12.7 Å². The number of rotatable bonds is 12. The van der Waals surface area contributed by atoms with Gasteiger partial charge in [0.25, 0.3) is 0 Å². The van der Waals surface area contributed by atoms with Gasteiger partial charge in [-0.1, -0.05) is 74.5 Å². The highest BCUT2D eigenvalue weighted by Gasteiger charge is 2.27. The molecular weight excluding hydrogens is 536 g/mol. The van der Waals surface area contributed by atoms with E-state index in [4.69, 9.17) is 33.6 Å². The molecule has 42 heavy (non-hydrogen) atoms. The van der Waals surface area contributed by atoms with Crippen LogP contribution in [0.1, 0.15) is 68.4 Å². The van der Waals surface area contributed by atoms with E-state index in [1.165, 1.54) is 5.56 Å². The zero-order valence-electron chi connectivity index (χ0n) is 25.7. The zero-order valence-corrected chi connectivity index (χ0v) is 25.7. The van der Waals surface area contributed by atoms with E-state index in [1.54, 1.807) is 38.3 Å². The van der Waals surface area contributed by atoms with E-state index in [9.17, 15) is 4.79 Å². The van der Waals surface area contributed by atoms with Crippen LogP contribution in [0.25, 0.3) is 0 Å². The van der Waals surface area contributed by atoms with E-state index in [2.05, 4.69) is 26.0 Å². The molecule has 4 unspecified atom stereocenters. The molecule has 4 atom stereocenters. The fourth-order valence-corrected chi connectivity index (χ4v) is 3.52. The lowest BCUT2D eigenvalue weighted by Gasteiger charge is -2.30.